The summed E-state index contributed by atoms with van der Waals surface area (Å²) in [6, 6.07) is 0. The van der Waals surface area contributed by atoms with Gasteiger partial charge in [-0.2, -0.15) is 0 Å². The summed E-state index contributed by atoms with van der Waals surface area (Å²) in [5, 5.41) is 10.6. The first kappa shape index (κ1) is 23.0. The van der Waals surface area contributed by atoms with Crippen LogP contribution in [0.3, 0.4) is 0 Å². The highest BCUT2D eigenvalue weighted by Crippen LogP contribution is 2.42. The van der Waals surface area contributed by atoms with E-state index in [9.17, 15) is 5.11 Å². The Labute approximate surface area is 154 Å². The smallest absolute Gasteiger partial charge is 0.220 e. The summed E-state index contributed by atoms with van der Waals surface area (Å²) >= 11 is 0. The third-order valence-corrected chi connectivity index (χ3v) is 10.4. The van der Waals surface area contributed by atoms with E-state index >= 15 is 0 Å². The van der Waals surface area contributed by atoms with Crippen LogP contribution in [0.5, 0.6) is 0 Å². The summed E-state index contributed by atoms with van der Waals surface area (Å²) < 4.78 is 29.8. The molecule has 1 N–H and O–H groups in total. The zero-order valence-corrected chi connectivity index (χ0v) is 18.6. The third kappa shape index (κ3) is 4.64. The molecule has 25 heavy (non-hydrogen) atoms. The van der Waals surface area contributed by atoms with Gasteiger partial charge in [-0.25, -0.2) is 0 Å². The Morgan fingerprint density at radius 1 is 1.08 bits per heavy atom. The van der Waals surface area contributed by atoms with Gasteiger partial charge in [-0.3, -0.25) is 0 Å². The highest BCUT2D eigenvalue weighted by Gasteiger charge is 2.58. The molecular formula is C18H38O6Si. The van der Waals surface area contributed by atoms with Crippen molar-refractivity contribution in [2.24, 2.45) is 0 Å². The predicted octanol–water partition coefficient (Wildman–Crippen LogP) is 3.29. The van der Waals surface area contributed by atoms with Crippen LogP contribution in [0, 0.1) is 0 Å². The van der Waals surface area contributed by atoms with Crippen LogP contribution in [0.2, 0.25) is 18.1 Å². The molecular weight excluding hydrogens is 340 g/mol. The van der Waals surface area contributed by atoms with Crippen molar-refractivity contribution in [3.63, 3.8) is 0 Å². The maximum Gasteiger partial charge on any atom is 0.220 e. The number of hydrogen-bond acceptors (Lipinski definition) is 6. The molecule has 1 aliphatic heterocycles. The minimum atomic E-state index is -1.95. The predicted molar refractivity (Wildman–Crippen MR) is 100 cm³/mol. The Kier molecular flexibility index (Phi) is 7.29. The lowest BCUT2D eigenvalue weighted by Gasteiger charge is -2.53. The van der Waals surface area contributed by atoms with E-state index in [1.807, 2.05) is 6.92 Å². The number of rotatable bonds is 7. The molecule has 0 unspecified atom stereocenters. The summed E-state index contributed by atoms with van der Waals surface area (Å²) in [6.45, 7) is 16.8. The molecule has 0 aromatic carbocycles. The average molecular weight is 379 g/mol. The summed E-state index contributed by atoms with van der Waals surface area (Å²) in [7, 11) is 1.15. The average Bonchev–Trinajstić information content (AvgIpc) is 2.53. The molecule has 7 heteroatoms. The van der Waals surface area contributed by atoms with Crippen molar-refractivity contribution in [1.82, 2.24) is 0 Å². The lowest BCUT2D eigenvalue weighted by atomic mass is 9.99. The Bertz CT molecular complexity index is 438. The van der Waals surface area contributed by atoms with Crippen molar-refractivity contribution in [2.75, 3.05) is 20.8 Å². The van der Waals surface area contributed by atoms with E-state index < -0.39 is 38.2 Å². The van der Waals surface area contributed by atoms with Gasteiger partial charge in [0.25, 0.3) is 0 Å². The normalized spacial score (nSPS) is 35.6. The van der Waals surface area contributed by atoms with Crippen LogP contribution in [-0.4, -0.2) is 64.1 Å². The van der Waals surface area contributed by atoms with Gasteiger partial charge in [0.05, 0.1) is 12.7 Å². The minimum Gasteiger partial charge on any atom is -0.414 e. The number of ether oxygens (including phenoxy) is 4. The second kappa shape index (κ2) is 7.92. The van der Waals surface area contributed by atoms with Crippen molar-refractivity contribution < 1.29 is 28.5 Å². The van der Waals surface area contributed by atoms with Gasteiger partial charge < -0.3 is 28.5 Å². The standard InChI is InChI=1S/C18H38O6Si/c1-11-13(19)15-14(12-22-25(9,10)16(2,3)4)23-17(5,20-7)18(6,21-8)24-15/h13-15,19H,11-12H2,1-10H3/t13-,14-,15+,17+,18+/m0/s1. The van der Waals surface area contributed by atoms with Gasteiger partial charge in [-0.05, 0) is 38.4 Å². The zero-order chi connectivity index (χ0) is 19.7. The van der Waals surface area contributed by atoms with Crippen molar-refractivity contribution in [3.8, 4) is 0 Å². The van der Waals surface area contributed by atoms with E-state index in [1.165, 1.54) is 0 Å². The van der Waals surface area contributed by atoms with Crippen LogP contribution in [-0.2, 0) is 23.4 Å². The van der Waals surface area contributed by atoms with Crippen LogP contribution in [0.25, 0.3) is 0 Å². The first-order chi connectivity index (χ1) is 11.3. The Morgan fingerprint density at radius 2 is 1.56 bits per heavy atom. The topological polar surface area (TPSA) is 66.4 Å². The molecule has 150 valence electrons. The summed E-state index contributed by atoms with van der Waals surface area (Å²) in [6.07, 6.45) is -1.13. The first-order valence-corrected chi connectivity index (χ1v) is 12.0. The minimum absolute atomic E-state index is 0.0903. The highest BCUT2D eigenvalue weighted by atomic mass is 28.4. The van der Waals surface area contributed by atoms with Crippen LogP contribution >= 0.6 is 0 Å². The van der Waals surface area contributed by atoms with Crippen LogP contribution in [0.1, 0.15) is 48.0 Å². The summed E-state index contributed by atoms with van der Waals surface area (Å²) in [4.78, 5) is 0. The molecule has 0 radical (unpaired) electrons. The quantitative estimate of drug-likeness (QED) is 0.686. The number of hydrogen-bond donors (Lipinski definition) is 1. The lowest BCUT2D eigenvalue weighted by molar-refractivity contribution is -0.455. The highest BCUT2D eigenvalue weighted by molar-refractivity contribution is 6.74. The molecule has 1 saturated heterocycles. The van der Waals surface area contributed by atoms with E-state index in [-0.39, 0.29) is 5.04 Å². The van der Waals surface area contributed by atoms with Gasteiger partial charge in [-0.1, -0.05) is 27.7 Å². The molecule has 0 amide bonds. The fraction of sp³-hybridized carbons (Fsp3) is 1.00. The molecule has 1 heterocycles. The van der Waals surface area contributed by atoms with Crippen molar-refractivity contribution in [2.45, 2.75) is 96.0 Å². The van der Waals surface area contributed by atoms with E-state index in [0.29, 0.717) is 13.0 Å². The zero-order valence-electron chi connectivity index (χ0n) is 17.6. The van der Waals surface area contributed by atoms with Crippen LogP contribution in [0.15, 0.2) is 0 Å². The van der Waals surface area contributed by atoms with Crippen molar-refractivity contribution >= 4 is 8.32 Å². The second-order valence-electron chi connectivity index (χ2n) is 8.59. The van der Waals surface area contributed by atoms with Crippen LogP contribution < -0.4 is 0 Å². The fourth-order valence-electron chi connectivity index (χ4n) is 2.57. The molecule has 5 atom stereocenters. The lowest BCUT2D eigenvalue weighted by Crippen LogP contribution is -2.68. The SMILES string of the molecule is CC[C@H](O)[C@H]1O[C@@](C)(OC)[C@](C)(OC)O[C@H]1CO[Si](C)(C)C(C)(C)C. The molecule has 0 aliphatic carbocycles. The van der Waals surface area contributed by atoms with Gasteiger partial charge in [0, 0.05) is 14.2 Å². The van der Waals surface area contributed by atoms with Gasteiger partial charge in [0.15, 0.2) is 8.32 Å². The fourth-order valence-corrected chi connectivity index (χ4v) is 3.58. The van der Waals surface area contributed by atoms with E-state index in [4.69, 9.17) is 23.4 Å². The van der Waals surface area contributed by atoms with E-state index in [1.54, 1.807) is 28.1 Å². The largest absolute Gasteiger partial charge is 0.414 e. The molecule has 1 rings (SSSR count). The molecule has 6 nitrogen and oxygen atoms in total. The molecule has 0 bridgehead atoms. The summed E-state index contributed by atoms with van der Waals surface area (Å²) in [5.74, 6) is -2.23. The van der Waals surface area contributed by atoms with Gasteiger partial charge in [-0.15, -0.1) is 0 Å². The first-order valence-electron chi connectivity index (χ1n) is 9.05. The maximum atomic E-state index is 10.5. The second-order valence-corrected chi connectivity index (χ2v) is 13.4. The molecule has 0 aromatic heterocycles. The van der Waals surface area contributed by atoms with Gasteiger partial charge >= 0.3 is 0 Å². The third-order valence-electron chi connectivity index (χ3n) is 5.92. The monoisotopic (exact) mass is 378 g/mol. The molecule has 0 aromatic rings. The number of aliphatic hydroxyl groups is 1. The summed E-state index contributed by atoms with van der Waals surface area (Å²) in [5.41, 5.74) is 0. The van der Waals surface area contributed by atoms with Gasteiger partial charge in [0.2, 0.25) is 11.6 Å². The molecule has 0 spiro atoms. The van der Waals surface area contributed by atoms with Crippen molar-refractivity contribution in [3.05, 3.63) is 0 Å². The van der Waals surface area contributed by atoms with Crippen LogP contribution in [0.4, 0.5) is 0 Å². The van der Waals surface area contributed by atoms with E-state index in [0.717, 1.165) is 0 Å². The van der Waals surface area contributed by atoms with Crippen molar-refractivity contribution in [1.29, 1.82) is 0 Å². The Morgan fingerprint density at radius 3 is 1.96 bits per heavy atom. The number of aliphatic hydroxyl groups excluding tert-OH is 1. The molecule has 0 saturated carbocycles. The van der Waals surface area contributed by atoms with Gasteiger partial charge in [0.1, 0.15) is 12.2 Å². The molecule has 1 fully saturated rings. The molecule has 1 aliphatic rings. The Hall–Kier alpha value is -0.0231. The van der Waals surface area contributed by atoms with E-state index in [2.05, 4.69) is 33.9 Å². The Balaban J connectivity index is 3.05. The number of methoxy groups -OCH3 is 2. The maximum absolute atomic E-state index is 10.5.